The van der Waals surface area contributed by atoms with Crippen LogP contribution in [0.15, 0.2) is 47.4 Å². The second-order valence-corrected chi connectivity index (χ2v) is 5.39. The van der Waals surface area contributed by atoms with Crippen LogP contribution in [0.25, 0.3) is 0 Å². The molecule has 2 aromatic rings. The van der Waals surface area contributed by atoms with Crippen LogP contribution >= 0.6 is 0 Å². The van der Waals surface area contributed by atoms with Crippen molar-refractivity contribution in [2.24, 2.45) is 0 Å². The normalized spacial score (nSPS) is 18.2. The smallest absolute Gasteiger partial charge is 0.266 e. The molecule has 1 aromatic heterocycles. The first-order valence-electron chi connectivity index (χ1n) is 7.27. The highest BCUT2D eigenvalue weighted by molar-refractivity contribution is 5.40. The molecule has 22 heavy (non-hydrogen) atoms. The van der Waals surface area contributed by atoms with Crippen molar-refractivity contribution in [3.05, 3.63) is 52.9 Å². The number of ether oxygens (including phenoxy) is 2. The molecule has 6 nitrogen and oxygen atoms in total. The Morgan fingerprint density at radius 3 is 2.86 bits per heavy atom. The van der Waals surface area contributed by atoms with E-state index < -0.39 is 0 Å². The number of fused-ring (bicyclic) bond motifs is 1. The van der Waals surface area contributed by atoms with E-state index in [-0.39, 0.29) is 17.8 Å². The summed E-state index contributed by atoms with van der Waals surface area (Å²) in [7, 11) is 1.96. The Morgan fingerprint density at radius 1 is 1.32 bits per heavy atom. The zero-order chi connectivity index (χ0) is 15.5. The maximum atomic E-state index is 11.7. The van der Waals surface area contributed by atoms with Crippen molar-refractivity contribution in [2.45, 2.75) is 25.7 Å². The molecule has 0 spiro atoms. The number of likely N-dealkylation sites (N-methyl/N-ethyl adjacent to an activating group) is 1. The summed E-state index contributed by atoms with van der Waals surface area (Å²) in [6, 6.07) is 10.8. The van der Waals surface area contributed by atoms with Crippen LogP contribution in [-0.2, 0) is 6.54 Å². The lowest BCUT2D eigenvalue weighted by atomic mass is 10.2. The molecule has 2 heterocycles. The van der Waals surface area contributed by atoms with Crippen LogP contribution in [0.5, 0.6) is 11.5 Å². The molecule has 0 radical (unpaired) electrons. The predicted molar refractivity (Wildman–Crippen MR) is 82.1 cm³/mol. The van der Waals surface area contributed by atoms with Gasteiger partial charge in [0.25, 0.3) is 5.56 Å². The summed E-state index contributed by atoms with van der Waals surface area (Å²) in [4.78, 5) is 13.8. The second kappa shape index (κ2) is 6.19. The largest absolute Gasteiger partial charge is 0.484 e. The van der Waals surface area contributed by atoms with Gasteiger partial charge >= 0.3 is 0 Å². The maximum absolute atomic E-state index is 11.7. The van der Waals surface area contributed by atoms with E-state index in [4.69, 9.17) is 9.47 Å². The molecule has 0 fully saturated rings. The summed E-state index contributed by atoms with van der Waals surface area (Å²) in [5, 5.41) is 4.09. The molecule has 1 aliphatic rings. The van der Waals surface area contributed by atoms with Crippen molar-refractivity contribution in [2.75, 3.05) is 13.7 Å². The lowest BCUT2D eigenvalue weighted by molar-refractivity contribution is -0.0365. The van der Waals surface area contributed by atoms with Crippen LogP contribution in [0.3, 0.4) is 0 Å². The summed E-state index contributed by atoms with van der Waals surface area (Å²) in [5.41, 5.74) is -0.103. The Balaban J connectivity index is 1.68. The monoisotopic (exact) mass is 301 g/mol. The molecule has 0 amide bonds. The standard InChI is InChI=1S/C16H19N3O3/c1-12(10-19-15(20)8-5-9-17-19)18(2)16-11-21-13-6-3-4-7-14(13)22-16/h3-9,12,16H,10-11H2,1-2H3. The topological polar surface area (TPSA) is 56.6 Å². The van der Waals surface area contributed by atoms with Gasteiger partial charge in [0.2, 0.25) is 0 Å². The van der Waals surface area contributed by atoms with Gasteiger partial charge in [-0.2, -0.15) is 5.10 Å². The lowest BCUT2D eigenvalue weighted by Gasteiger charge is -2.36. The number of para-hydroxylation sites is 2. The van der Waals surface area contributed by atoms with Gasteiger partial charge in [0.1, 0.15) is 6.61 Å². The molecular formula is C16H19N3O3. The second-order valence-electron chi connectivity index (χ2n) is 5.39. The van der Waals surface area contributed by atoms with Crippen molar-refractivity contribution in [3.63, 3.8) is 0 Å². The van der Waals surface area contributed by atoms with E-state index in [9.17, 15) is 4.79 Å². The van der Waals surface area contributed by atoms with Crippen LogP contribution in [-0.4, -0.2) is 40.6 Å². The lowest BCUT2D eigenvalue weighted by Crippen LogP contribution is -2.49. The highest BCUT2D eigenvalue weighted by Gasteiger charge is 2.27. The van der Waals surface area contributed by atoms with Gasteiger partial charge in [-0.15, -0.1) is 0 Å². The van der Waals surface area contributed by atoms with Gasteiger partial charge in [0.05, 0.1) is 6.54 Å². The van der Waals surface area contributed by atoms with Gasteiger partial charge in [-0.3, -0.25) is 9.69 Å². The Kier molecular flexibility index (Phi) is 4.11. The van der Waals surface area contributed by atoms with Gasteiger partial charge in [0, 0.05) is 18.3 Å². The third kappa shape index (κ3) is 2.96. The highest BCUT2D eigenvalue weighted by atomic mass is 16.6. The fraction of sp³-hybridized carbons (Fsp3) is 0.375. The van der Waals surface area contributed by atoms with Crippen molar-refractivity contribution < 1.29 is 9.47 Å². The van der Waals surface area contributed by atoms with Crippen LogP contribution in [0.4, 0.5) is 0 Å². The number of aromatic nitrogens is 2. The molecule has 116 valence electrons. The molecule has 0 saturated carbocycles. The van der Waals surface area contributed by atoms with Crippen LogP contribution in [0.2, 0.25) is 0 Å². The molecule has 0 saturated heterocycles. The molecule has 0 bridgehead atoms. The molecule has 0 aliphatic carbocycles. The predicted octanol–water partition coefficient (Wildman–Crippen LogP) is 1.36. The van der Waals surface area contributed by atoms with Crippen LogP contribution in [0.1, 0.15) is 6.92 Å². The van der Waals surface area contributed by atoms with Gasteiger partial charge in [-0.25, -0.2) is 4.68 Å². The fourth-order valence-corrected chi connectivity index (χ4v) is 2.40. The number of hydrogen-bond donors (Lipinski definition) is 0. The number of nitrogens with zero attached hydrogens (tertiary/aromatic N) is 3. The average molecular weight is 301 g/mol. The molecule has 1 aliphatic heterocycles. The zero-order valence-corrected chi connectivity index (χ0v) is 12.7. The minimum absolute atomic E-state index is 0.0754. The molecule has 2 atom stereocenters. The Bertz CT molecular complexity index is 701. The summed E-state index contributed by atoms with van der Waals surface area (Å²) < 4.78 is 13.2. The fourth-order valence-electron chi connectivity index (χ4n) is 2.40. The first-order chi connectivity index (χ1) is 10.6. The van der Waals surface area contributed by atoms with Gasteiger partial charge in [-0.05, 0) is 32.2 Å². The third-order valence-electron chi connectivity index (χ3n) is 3.87. The van der Waals surface area contributed by atoms with Crippen molar-refractivity contribution in [1.29, 1.82) is 0 Å². The van der Waals surface area contributed by atoms with Crippen LogP contribution < -0.4 is 15.0 Å². The van der Waals surface area contributed by atoms with Crippen molar-refractivity contribution in [1.82, 2.24) is 14.7 Å². The summed E-state index contributed by atoms with van der Waals surface area (Å²) >= 11 is 0. The first kappa shape index (κ1) is 14.6. The molecule has 2 unspecified atom stereocenters. The molecule has 3 rings (SSSR count). The Labute approximate surface area is 128 Å². The molecule has 6 heteroatoms. The zero-order valence-electron chi connectivity index (χ0n) is 12.7. The van der Waals surface area contributed by atoms with E-state index in [1.165, 1.54) is 10.7 Å². The third-order valence-corrected chi connectivity index (χ3v) is 3.87. The van der Waals surface area contributed by atoms with Crippen molar-refractivity contribution >= 4 is 0 Å². The molecular weight excluding hydrogens is 282 g/mol. The minimum Gasteiger partial charge on any atom is -0.484 e. The van der Waals surface area contributed by atoms with E-state index in [0.29, 0.717) is 13.2 Å². The molecule has 1 aromatic carbocycles. The van der Waals surface area contributed by atoms with Gasteiger partial charge < -0.3 is 9.47 Å². The van der Waals surface area contributed by atoms with Crippen molar-refractivity contribution in [3.8, 4) is 11.5 Å². The van der Waals surface area contributed by atoms with E-state index in [1.54, 1.807) is 12.3 Å². The number of benzene rings is 1. The average Bonchev–Trinajstić information content (AvgIpc) is 2.55. The van der Waals surface area contributed by atoms with E-state index in [0.717, 1.165) is 11.5 Å². The highest BCUT2D eigenvalue weighted by Crippen LogP contribution is 2.31. The minimum atomic E-state index is -0.190. The Hall–Kier alpha value is -2.34. The number of rotatable bonds is 4. The molecule has 0 N–H and O–H groups in total. The Morgan fingerprint density at radius 2 is 2.09 bits per heavy atom. The summed E-state index contributed by atoms with van der Waals surface area (Å²) in [6.07, 6.45) is 1.43. The SMILES string of the molecule is CC(Cn1ncccc1=O)N(C)C1COc2ccccc2O1. The quantitative estimate of drug-likeness (QED) is 0.853. The van der Waals surface area contributed by atoms with E-state index in [2.05, 4.69) is 10.00 Å². The van der Waals surface area contributed by atoms with E-state index in [1.807, 2.05) is 38.2 Å². The van der Waals surface area contributed by atoms with Gasteiger partial charge in [0.15, 0.2) is 17.7 Å². The first-order valence-corrected chi connectivity index (χ1v) is 7.27. The maximum Gasteiger partial charge on any atom is 0.266 e. The van der Waals surface area contributed by atoms with Gasteiger partial charge in [-0.1, -0.05) is 12.1 Å². The summed E-state index contributed by atoms with van der Waals surface area (Å²) in [5.74, 6) is 1.51. The number of hydrogen-bond acceptors (Lipinski definition) is 5. The van der Waals surface area contributed by atoms with E-state index >= 15 is 0 Å². The summed E-state index contributed by atoms with van der Waals surface area (Å²) in [6.45, 7) is 2.98. The van der Waals surface area contributed by atoms with Crippen LogP contribution in [0, 0.1) is 0 Å².